The summed E-state index contributed by atoms with van der Waals surface area (Å²) < 4.78 is 0. The quantitative estimate of drug-likeness (QED) is 0.351. The third-order valence-electron chi connectivity index (χ3n) is 1.32. The molecule has 0 aromatic rings. The Morgan fingerprint density at radius 2 is 1.57 bits per heavy atom. The van der Waals surface area contributed by atoms with Crippen LogP contribution in [0.25, 0.3) is 0 Å². The fraction of sp³-hybridized carbons (Fsp3) is 1.00. The molecule has 0 amide bonds. The van der Waals surface area contributed by atoms with Gasteiger partial charge < -0.3 is 0 Å². The van der Waals surface area contributed by atoms with E-state index in [0.29, 0.717) is 0 Å². The zero-order chi connectivity index (χ0) is 4.41. The number of hydrogen-bond acceptors (Lipinski definition) is 1. The van der Waals surface area contributed by atoms with Crippen molar-refractivity contribution in [2.24, 2.45) is 0 Å². The van der Waals surface area contributed by atoms with Gasteiger partial charge in [0.05, 0.1) is 0 Å². The van der Waals surface area contributed by atoms with Gasteiger partial charge in [-0.1, -0.05) is 12.8 Å². The fourth-order valence-electron chi connectivity index (χ4n) is 0.904. The van der Waals surface area contributed by atoms with Crippen LogP contribution in [0.2, 0.25) is 0 Å². The van der Waals surface area contributed by atoms with Crippen molar-refractivity contribution in [2.45, 2.75) is 30.9 Å². The molecule has 0 saturated heterocycles. The van der Waals surface area contributed by atoms with Crippen LogP contribution in [0.5, 0.6) is 0 Å². The summed E-state index contributed by atoms with van der Waals surface area (Å²) in [5.74, 6) is 0. The van der Waals surface area contributed by atoms with Crippen LogP contribution in [-0.2, 0) is 0 Å². The van der Waals surface area contributed by atoms with Crippen LogP contribution in [0.15, 0.2) is 0 Å². The zero-order valence-electron chi connectivity index (χ0n) is 3.85. The van der Waals surface area contributed by atoms with Gasteiger partial charge in [-0.3, -0.25) is 0 Å². The summed E-state index contributed by atoms with van der Waals surface area (Å²) in [5, 5.41) is 0.741. The topological polar surface area (TPSA) is 0 Å². The van der Waals surface area contributed by atoms with Gasteiger partial charge in [-0.2, -0.15) is 12.6 Å². The molecule has 1 rings (SSSR count). The van der Waals surface area contributed by atoms with Crippen molar-refractivity contribution in [3.05, 3.63) is 0 Å². The molecule has 7 heavy (non-hydrogen) atoms. The Kier molecular flexibility index (Phi) is 4.42. The van der Waals surface area contributed by atoms with E-state index in [0.717, 1.165) is 5.25 Å². The summed E-state index contributed by atoms with van der Waals surface area (Å²) in [7, 11) is 0. The molecule has 0 heterocycles. The van der Waals surface area contributed by atoms with Crippen LogP contribution in [0.3, 0.4) is 0 Å². The molecule has 2 heteroatoms. The normalized spacial score (nSPS) is 21.9. The third kappa shape index (κ3) is 2.69. The van der Waals surface area contributed by atoms with Crippen molar-refractivity contribution in [3.8, 4) is 0 Å². The Morgan fingerprint density at radius 1 is 1.14 bits per heavy atom. The van der Waals surface area contributed by atoms with Crippen molar-refractivity contribution in [2.75, 3.05) is 0 Å². The van der Waals surface area contributed by atoms with E-state index in [1.807, 2.05) is 0 Å². The first kappa shape index (κ1) is 7.95. The molecule has 0 aromatic heterocycles. The molecule has 38 valence electrons. The average molecular weight is 110 g/mol. The van der Waals surface area contributed by atoms with Crippen molar-refractivity contribution in [1.82, 2.24) is 0 Å². The summed E-state index contributed by atoms with van der Waals surface area (Å²) in [6, 6.07) is 0. The fourth-order valence-corrected chi connectivity index (χ4v) is 1.27. The Labute approximate surface area is 62.6 Å². The molecule has 1 aliphatic rings. The Morgan fingerprint density at radius 3 is 1.71 bits per heavy atom. The predicted molar refractivity (Wildman–Crippen MR) is 38.4 cm³/mol. The molecule has 1 saturated carbocycles. The first-order chi connectivity index (χ1) is 2.89. The molecule has 1 fully saturated rings. The molecule has 0 bridgehead atoms. The van der Waals surface area contributed by atoms with E-state index in [2.05, 4.69) is 12.6 Å². The van der Waals surface area contributed by atoms with Gasteiger partial charge in [-0.05, 0) is 12.8 Å². The van der Waals surface area contributed by atoms with Gasteiger partial charge in [-0.25, -0.2) is 0 Å². The van der Waals surface area contributed by atoms with Gasteiger partial charge in [0.15, 0.2) is 0 Å². The van der Waals surface area contributed by atoms with E-state index in [9.17, 15) is 0 Å². The average Bonchev–Trinajstić information content (AvgIpc) is 1.86. The number of rotatable bonds is 0. The van der Waals surface area contributed by atoms with Crippen molar-refractivity contribution < 1.29 is 0 Å². The second-order valence-corrected chi connectivity index (χ2v) is 2.67. The summed E-state index contributed by atoms with van der Waals surface area (Å²) in [6.07, 6.45) is 5.52. The van der Waals surface area contributed by atoms with Crippen LogP contribution in [0, 0.1) is 0 Å². The molecule has 0 atom stereocenters. The van der Waals surface area contributed by atoms with Gasteiger partial charge in [0.2, 0.25) is 0 Å². The van der Waals surface area contributed by atoms with Gasteiger partial charge >= 0.3 is 18.9 Å². The minimum absolute atomic E-state index is 0. The van der Waals surface area contributed by atoms with E-state index >= 15 is 0 Å². The monoisotopic (exact) mass is 110 g/mol. The maximum absolute atomic E-state index is 4.29. The molecule has 0 unspecified atom stereocenters. The predicted octanol–water partition coefficient (Wildman–Crippen LogP) is 1.21. The van der Waals surface area contributed by atoms with E-state index in [1.54, 1.807) is 0 Å². The second-order valence-electron chi connectivity index (χ2n) is 1.94. The Hall–Kier alpha value is 0.947. The molecule has 0 radical (unpaired) electrons. The Bertz CT molecular complexity index is 41.3. The van der Waals surface area contributed by atoms with Gasteiger partial charge in [0, 0.05) is 5.25 Å². The Balaban J connectivity index is 0.000000360. The minimum atomic E-state index is 0. The van der Waals surface area contributed by atoms with Crippen LogP contribution in [-0.4, -0.2) is 24.1 Å². The summed E-state index contributed by atoms with van der Waals surface area (Å²) in [5.41, 5.74) is 0. The van der Waals surface area contributed by atoms with E-state index < -0.39 is 0 Å². The number of hydrogen-bond donors (Lipinski definition) is 1. The van der Waals surface area contributed by atoms with Crippen LogP contribution in [0.4, 0.5) is 0 Å². The van der Waals surface area contributed by atoms with Gasteiger partial charge in [0.1, 0.15) is 0 Å². The molecule has 0 spiro atoms. The SMILES string of the molecule is SC1CCCC1.[LiH]. The van der Waals surface area contributed by atoms with Gasteiger partial charge in [-0.15, -0.1) is 0 Å². The first-order valence-corrected chi connectivity index (χ1v) is 3.09. The summed E-state index contributed by atoms with van der Waals surface area (Å²) in [6.45, 7) is 0. The standard InChI is InChI=1S/C5H10S.Li.H/c6-5-3-1-2-4-5;;/h5-6H,1-4H2;;. The summed E-state index contributed by atoms with van der Waals surface area (Å²) in [4.78, 5) is 0. The third-order valence-corrected chi connectivity index (χ3v) is 1.84. The summed E-state index contributed by atoms with van der Waals surface area (Å²) >= 11 is 4.29. The van der Waals surface area contributed by atoms with E-state index in [1.165, 1.54) is 25.7 Å². The first-order valence-electron chi connectivity index (χ1n) is 2.57. The molecule has 0 N–H and O–H groups in total. The van der Waals surface area contributed by atoms with Crippen LogP contribution >= 0.6 is 12.6 Å². The van der Waals surface area contributed by atoms with Crippen molar-refractivity contribution in [3.63, 3.8) is 0 Å². The maximum atomic E-state index is 4.29. The molecule has 0 aromatic carbocycles. The van der Waals surface area contributed by atoms with Crippen molar-refractivity contribution >= 4 is 31.5 Å². The molecular weight excluding hydrogens is 99.1 g/mol. The van der Waals surface area contributed by atoms with Crippen molar-refractivity contribution in [1.29, 1.82) is 0 Å². The molecule has 0 nitrogen and oxygen atoms in total. The molecule has 0 aliphatic heterocycles. The molecular formula is C5H11LiS. The second kappa shape index (κ2) is 3.89. The van der Waals surface area contributed by atoms with Gasteiger partial charge in [0.25, 0.3) is 0 Å². The van der Waals surface area contributed by atoms with E-state index in [4.69, 9.17) is 0 Å². The van der Waals surface area contributed by atoms with Crippen LogP contribution < -0.4 is 0 Å². The van der Waals surface area contributed by atoms with E-state index in [-0.39, 0.29) is 18.9 Å². The van der Waals surface area contributed by atoms with Crippen LogP contribution in [0.1, 0.15) is 25.7 Å². The number of thiol groups is 1. The molecule has 1 aliphatic carbocycles. The zero-order valence-corrected chi connectivity index (χ0v) is 4.75.